The van der Waals surface area contributed by atoms with Gasteiger partial charge in [-0.2, -0.15) is 0 Å². The first kappa shape index (κ1) is 20.0. The Morgan fingerprint density at radius 1 is 1.19 bits per heavy atom. The molecule has 0 N–H and O–H groups in total. The first-order valence-corrected chi connectivity index (χ1v) is 11.9. The third kappa shape index (κ3) is 4.93. The van der Waals surface area contributed by atoms with Crippen molar-refractivity contribution >= 4 is 43.3 Å². The summed E-state index contributed by atoms with van der Waals surface area (Å²) in [6, 6.07) is 5.10. The van der Waals surface area contributed by atoms with E-state index >= 15 is 0 Å². The first-order chi connectivity index (χ1) is 12.4. The maximum atomic E-state index is 12.9. The van der Waals surface area contributed by atoms with Crippen LogP contribution in [0.1, 0.15) is 38.5 Å². The molecule has 0 spiro atoms. The number of benzene rings is 1. The summed E-state index contributed by atoms with van der Waals surface area (Å²) in [6.45, 7) is -0.131. The summed E-state index contributed by atoms with van der Waals surface area (Å²) < 4.78 is 30.3. The summed E-state index contributed by atoms with van der Waals surface area (Å²) in [5, 5.41) is 0.430. The van der Waals surface area contributed by atoms with Crippen LogP contribution in [0.2, 0.25) is 5.02 Å². The number of nitrogens with zero attached hydrogens (tertiary/aromatic N) is 1. The van der Waals surface area contributed by atoms with E-state index in [1.54, 1.807) is 23.1 Å². The quantitative estimate of drug-likeness (QED) is 0.664. The Balaban J connectivity index is 1.71. The van der Waals surface area contributed by atoms with Gasteiger partial charge in [-0.3, -0.25) is 4.79 Å². The molecule has 26 heavy (non-hydrogen) atoms. The molecule has 1 aliphatic carbocycles. The smallest absolute Gasteiger partial charge is 0.261 e. The van der Waals surface area contributed by atoms with E-state index in [1.807, 2.05) is 0 Å². The summed E-state index contributed by atoms with van der Waals surface area (Å²) in [5.74, 6) is 0.519. The molecule has 1 atom stereocenters. The minimum absolute atomic E-state index is 0.0638. The van der Waals surface area contributed by atoms with Gasteiger partial charge in [0, 0.05) is 16.6 Å². The van der Waals surface area contributed by atoms with E-state index in [4.69, 9.17) is 16.3 Å². The van der Waals surface area contributed by atoms with Crippen LogP contribution in [0.5, 0.6) is 5.75 Å². The lowest BCUT2D eigenvalue weighted by atomic mass is 9.93. The second kappa shape index (κ2) is 8.48. The minimum Gasteiger partial charge on any atom is -0.482 e. The highest BCUT2D eigenvalue weighted by molar-refractivity contribution is 9.10. The molecule has 1 saturated heterocycles. The fraction of sp³-hybridized carbons (Fsp3) is 0.611. The number of halogens is 2. The Bertz CT molecular complexity index is 764. The van der Waals surface area contributed by atoms with E-state index in [0.29, 0.717) is 17.2 Å². The molecule has 1 aliphatic heterocycles. The zero-order chi connectivity index (χ0) is 18.7. The van der Waals surface area contributed by atoms with Gasteiger partial charge in [-0.15, -0.1) is 0 Å². The average molecular weight is 465 g/mol. The molecular formula is C18H23BrClNO4S. The molecule has 144 valence electrons. The van der Waals surface area contributed by atoms with Gasteiger partial charge in [-0.1, -0.05) is 46.8 Å². The maximum Gasteiger partial charge on any atom is 0.261 e. The zero-order valence-corrected chi connectivity index (χ0v) is 17.7. The van der Waals surface area contributed by atoms with Gasteiger partial charge in [-0.25, -0.2) is 8.42 Å². The summed E-state index contributed by atoms with van der Waals surface area (Å²) in [6.07, 6.45) is 5.71. The molecule has 1 saturated carbocycles. The molecule has 0 bridgehead atoms. The van der Waals surface area contributed by atoms with Crippen LogP contribution in [0, 0.1) is 0 Å². The van der Waals surface area contributed by atoms with E-state index in [2.05, 4.69) is 15.9 Å². The van der Waals surface area contributed by atoms with Gasteiger partial charge < -0.3 is 9.64 Å². The SMILES string of the molecule is O=C(COc1ccc(Br)cc1Cl)N(C1CCCCC1)[C@@H]1CCS(=O)(=O)C1. The lowest BCUT2D eigenvalue weighted by Crippen LogP contribution is -2.50. The van der Waals surface area contributed by atoms with Crippen molar-refractivity contribution in [3.8, 4) is 5.75 Å². The normalized spacial score (nSPS) is 22.9. The molecule has 0 aromatic heterocycles. The summed E-state index contributed by atoms with van der Waals surface area (Å²) in [4.78, 5) is 14.7. The van der Waals surface area contributed by atoms with Crippen LogP contribution >= 0.6 is 27.5 Å². The van der Waals surface area contributed by atoms with Crippen LogP contribution in [0.25, 0.3) is 0 Å². The van der Waals surface area contributed by atoms with Crippen molar-refractivity contribution in [3.05, 3.63) is 27.7 Å². The number of amides is 1. The Kier molecular flexibility index (Phi) is 6.51. The number of hydrogen-bond donors (Lipinski definition) is 0. The molecule has 5 nitrogen and oxygen atoms in total. The standard InChI is InChI=1S/C18H23BrClNO4S/c19-13-6-7-17(16(20)10-13)25-11-18(22)21(14-4-2-1-3-5-14)15-8-9-26(23,24)12-15/h6-7,10,14-15H,1-5,8-9,11-12H2/t15-/m1/s1. The van der Waals surface area contributed by atoms with Crippen LogP contribution in [0.3, 0.4) is 0 Å². The Hall–Kier alpha value is -0.790. The molecule has 8 heteroatoms. The molecule has 3 rings (SSSR count). The molecule has 1 amide bonds. The summed E-state index contributed by atoms with van der Waals surface area (Å²) >= 11 is 9.48. The Morgan fingerprint density at radius 3 is 2.54 bits per heavy atom. The molecule has 2 aliphatic rings. The number of carbonyl (C=O) groups is 1. The molecule has 2 fully saturated rings. The summed E-state index contributed by atoms with van der Waals surface area (Å²) in [7, 11) is -3.05. The second-order valence-corrected chi connectivity index (χ2v) is 10.6. The van der Waals surface area contributed by atoms with Crippen LogP contribution in [-0.2, 0) is 14.6 Å². The fourth-order valence-corrected chi connectivity index (χ4v) is 6.31. The number of sulfone groups is 1. The average Bonchev–Trinajstić information content (AvgIpc) is 2.95. The van der Waals surface area contributed by atoms with Gasteiger partial charge in [0.25, 0.3) is 5.91 Å². The van der Waals surface area contributed by atoms with Gasteiger partial charge in [-0.05, 0) is 37.5 Å². The zero-order valence-electron chi connectivity index (χ0n) is 14.5. The monoisotopic (exact) mass is 463 g/mol. The molecule has 0 radical (unpaired) electrons. The summed E-state index contributed by atoms with van der Waals surface area (Å²) in [5.41, 5.74) is 0. The third-order valence-electron chi connectivity index (χ3n) is 5.10. The Labute approximate surface area is 168 Å². The van der Waals surface area contributed by atoms with E-state index in [-0.39, 0.29) is 36.1 Å². The number of rotatable bonds is 5. The largest absolute Gasteiger partial charge is 0.482 e. The van der Waals surface area contributed by atoms with Crippen molar-refractivity contribution in [2.75, 3.05) is 18.1 Å². The maximum absolute atomic E-state index is 12.9. The van der Waals surface area contributed by atoms with E-state index in [0.717, 1.165) is 30.2 Å². The predicted molar refractivity (Wildman–Crippen MR) is 105 cm³/mol. The predicted octanol–water partition coefficient (Wildman–Crippen LogP) is 3.83. The van der Waals surface area contributed by atoms with Crippen molar-refractivity contribution in [1.82, 2.24) is 4.90 Å². The van der Waals surface area contributed by atoms with Crippen molar-refractivity contribution in [3.63, 3.8) is 0 Å². The van der Waals surface area contributed by atoms with Crippen molar-refractivity contribution in [1.29, 1.82) is 0 Å². The van der Waals surface area contributed by atoms with Crippen LogP contribution in [0.4, 0.5) is 0 Å². The van der Waals surface area contributed by atoms with E-state index in [9.17, 15) is 13.2 Å². The minimum atomic E-state index is -3.05. The van der Waals surface area contributed by atoms with E-state index in [1.165, 1.54) is 6.42 Å². The van der Waals surface area contributed by atoms with Gasteiger partial charge >= 0.3 is 0 Å². The van der Waals surface area contributed by atoms with E-state index < -0.39 is 9.84 Å². The first-order valence-electron chi connectivity index (χ1n) is 8.95. The lowest BCUT2D eigenvalue weighted by molar-refractivity contribution is -0.138. The Morgan fingerprint density at radius 2 is 1.92 bits per heavy atom. The highest BCUT2D eigenvalue weighted by atomic mass is 79.9. The third-order valence-corrected chi connectivity index (χ3v) is 7.64. The molecular weight excluding hydrogens is 442 g/mol. The number of carbonyl (C=O) groups excluding carboxylic acids is 1. The number of ether oxygens (including phenoxy) is 1. The number of hydrogen-bond acceptors (Lipinski definition) is 4. The van der Waals surface area contributed by atoms with Crippen LogP contribution < -0.4 is 4.74 Å². The molecule has 1 aromatic carbocycles. The molecule has 1 aromatic rings. The highest BCUT2D eigenvalue weighted by Crippen LogP contribution is 2.30. The van der Waals surface area contributed by atoms with Crippen molar-refractivity contribution < 1.29 is 17.9 Å². The molecule has 1 heterocycles. The van der Waals surface area contributed by atoms with Crippen LogP contribution in [0.15, 0.2) is 22.7 Å². The highest BCUT2D eigenvalue weighted by Gasteiger charge is 2.38. The second-order valence-electron chi connectivity index (χ2n) is 7.01. The van der Waals surface area contributed by atoms with Gasteiger partial charge in [0.05, 0.1) is 16.5 Å². The van der Waals surface area contributed by atoms with Crippen molar-refractivity contribution in [2.24, 2.45) is 0 Å². The van der Waals surface area contributed by atoms with Gasteiger partial charge in [0.1, 0.15) is 5.75 Å². The molecule has 0 unspecified atom stereocenters. The van der Waals surface area contributed by atoms with Gasteiger partial charge in [0.2, 0.25) is 0 Å². The van der Waals surface area contributed by atoms with Crippen molar-refractivity contribution in [2.45, 2.75) is 50.6 Å². The lowest BCUT2D eigenvalue weighted by Gasteiger charge is -2.38. The van der Waals surface area contributed by atoms with Gasteiger partial charge in [0.15, 0.2) is 16.4 Å². The fourth-order valence-electron chi connectivity index (χ4n) is 3.87. The van der Waals surface area contributed by atoms with Crippen LogP contribution in [-0.4, -0.2) is 49.4 Å². The topological polar surface area (TPSA) is 63.7 Å².